The van der Waals surface area contributed by atoms with Crippen molar-refractivity contribution in [2.75, 3.05) is 13.7 Å². The van der Waals surface area contributed by atoms with Crippen molar-refractivity contribution in [1.29, 1.82) is 0 Å². The van der Waals surface area contributed by atoms with Crippen LogP contribution in [0.3, 0.4) is 0 Å². The summed E-state index contributed by atoms with van der Waals surface area (Å²) >= 11 is 0. The van der Waals surface area contributed by atoms with Gasteiger partial charge in [0.1, 0.15) is 0 Å². The fraction of sp³-hybridized carbons (Fsp3) is 0.400. The number of nitrogens with one attached hydrogen (secondary N) is 1. The number of nitrogens with two attached hydrogens (primary N) is 1. The summed E-state index contributed by atoms with van der Waals surface area (Å²) < 4.78 is 5.43. The van der Waals surface area contributed by atoms with E-state index in [1.807, 2.05) is 37.3 Å². The Hall–Kier alpha value is -0.900. The van der Waals surface area contributed by atoms with Gasteiger partial charge in [-0.25, -0.2) is 0 Å². The second-order valence-corrected chi connectivity index (χ2v) is 2.78. The minimum absolute atomic E-state index is 0.576. The average molecular weight is 180 g/mol. The molecule has 0 heterocycles. The zero-order valence-corrected chi connectivity index (χ0v) is 8.08. The lowest BCUT2D eigenvalue weighted by Crippen LogP contribution is -2.50. The van der Waals surface area contributed by atoms with Crippen LogP contribution in [0.4, 0.5) is 0 Å². The zero-order valence-electron chi connectivity index (χ0n) is 8.08. The molecule has 0 bridgehead atoms. The van der Waals surface area contributed by atoms with Crippen LogP contribution in [0.1, 0.15) is 12.5 Å². The fourth-order valence-corrected chi connectivity index (χ4v) is 1.21. The molecule has 0 spiro atoms. The highest BCUT2D eigenvalue weighted by molar-refractivity contribution is 5.20. The number of benzene rings is 1. The van der Waals surface area contributed by atoms with Gasteiger partial charge < -0.3 is 4.74 Å². The number of hydrogen-bond acceptors (Lipinski definition) is 3. The highest BCUT2D eigenvalue weighted by Crippen LogP contribution is 2.15. The summed E-state index contributed by atoms with van der Waals surface area (Å²) in [5.74, 6) is -0.865. The Labute approximate surface area is 78.9 Å². The van der Waals surface area contributed by atoms with E-state index in [-0.39, 0.29) is 0 Å². The van der Waals surface area contributed by atoms with Crippen LogP contribution >= 0.6 is 0 Å². The summed E-state index contributed by atoms with van der Waals surface area (Å²) in [6.07, 6.45) is 0. The van der Waals surface area contributed by atoms with Gasteiger partial charge in [0.25, 0.3) is 0 Å². The van der Waals surface area contributed by atoms with E-state index in [2.05, 4.69) is 5.32 Å². The van der Waals surface area contributed by atoms with E-state index >= 15 is 0 Å². The third kappa shape index (κ3) is 2.28. The highest BCUT2D eigenvalue weighted by Gasteiger charge is 2.24. The number of hydrogen-bond donors (Lipinski definition) is 2. The lowest BCUT2D eigenvalue weighted by atomic mass is 10.1. The van der Waals surface area contributed by atoms with Crippen LogP contribution in [0.15, 0.2) is 30.3 Å². The molecule has 3 N–H and O–H groups in total. The zero-order chi connectivity index (χ0) is 9.73. The predicted molar refractivity (Wildman–Crippen MR) is 53.0 cm³/mol. The van der Waals surface area contributed by atoms with Crippen molar-refractivity contribution >= 4 is 0 Å². The van der Waals surface area contributed by atoms with Crippen LogP contribution < -0.4 is 11.1 Å². The van der Waals surface area contributed by atoms with Crippen LogP contribution in [-0.4, -0.2) is 13.7 Å². The molecule has 3 heteroatoms. The van der Waals surface area contributed by atoms with E-state index in [4.69, 9.17) is 10.5 Å². The normalized spacial score (nSPS) is 15.3. The molecule has 1 unspecified atom stereocenters. The van der Waals surface area contributed by atoms with Crippen molar-refractivity contribution in [3.8, 4) is 0 Å². The van der Waals surface area contributed by atoms with Gasteiger partial charge >= 0.3 is 0 Å². The van der Waals surface area contributed by atoms with Crippen LogP contribution in [0.25, 0.3) is 0 Å². The van der Waals surface area contributed by atoms with Gasteiger partial charge in [0.2, 0.25) is 0 Å². The smallest absolute Gasteiger partial charge is 0.199 e. The molecule has 0 aliphatic rings. The number of ether oxygens (including phenoxy) is 1. The van der Waals surface area contributed by atoms with Crippen molar-refractivity contribution in [3.05, 3.63) is 35.9 Å². The van der Waals surface area contributed by atoms with Gasteiger partial charge in [-0.1, -0.05) is 30.3 Å². The van der Waals surface area contributed by atoms with E-state index in [1.54, 1.807) is 7.05 Å². The molecule has 1 atom stereocenters. The minimum atomic E-state index is -0.865. The average Bonchev–Trinajstić information content (AvgIpc) is 2.19. The molecule has 0 aliphatic heterocycles. The molecule has 1 aromatic rings. The summed E-state index contributed by atoms with van der Waals surface area (Å²) in [7, 11) is 1.78. The molecule has 1 rings (SSSR count). The maximum absolute atomic E-state index is 6.00. The molecule has 0 saturated carbocycles. The van der Waals surface area contributed by atoms with Gasteiger partial charge in [0.05, 0.1) is 0 Å². The molecule has 1 aromatic carbocycles. The lowest BCUT2D eigenvalue weighted by molar-refractivity contribution is -0.0615. The standard InChI is InChI=1S/C10H16N2O/c1-3-13-10(11,12-2)9-7-5-4-6-8-9/h4-8,12H,3,11H2,1-2H3. The quantitative estimate of drug-likeness (QED) is 0.680. The summed E-state index contributed by atoms with van der Waals surface area (Å²) in [5, 5.41) is 2.95. The van der Waals surface area contributed by atoms with Crippen molar-refractivity contribution in [2.24, 2.45) is 5.73 Å². The molecule has 0 radical (unpaired) electrons. The van der Waals surface area contributed by atoms with Gasteiger partial charge in [0.15, 0.2) is 5.85 Å². The monoisotopic (exact) mass is 180 g/mol. The Balaban J connectivity index is 2.89. The highest BCUT2D eigenvalue weighted by atomic mass is 16.5. The maximum Gasteiger partial charge on any atom is 0.199 e. The van der Waals surface area contributed by atoms with Gasteiger partial charge in [-0.15, -0.1) is 0 Å². The Morgan fingerprint density at radius 1 is 1.38 bits per heavy atom. The minimum Gasteiger partial charge on any atom is -0.344 e. The molecule has 0 amide bonds. The Morgan fingerprint density at radius 3 is 2.46 bits per heavy atom. The summed E-state index contributed by atoms with van der Waals surface area (Å²) in [4.78, 5) is 0. The van der Waals surface area contributed by atoms with Crippen molar-refractivity contribution in [3.63, 3.8) is 0 Å². The Kier molecular flexibility index (Phi) is 3.42. The van der Waals surface area contributed by atoms with E-state index in [1.165, 1.54) is 0 Å². The van der Waals surface area contributed by atoms with Gasteiger partial charge in [0, 0.05) is 12.2 Å². The summed E-state index contributed by atoms with van der Waals surface area (Å²) in [5.41, 5.74) is 6.93. The number of rotatable bonds is 4. The molecular formula is C10H16N2O. The maximum atomic E-state index is 6.00. The molecule has 13 heavy (non-hydrogen) atoms. The third-order valence-electron chi connectivity index (χ3n) is 1.95. The Morgan fingerprint density at radius 2 is 2.00 bits per heavy atom. The van der Waals surface area contributed by atoms with E-state index in [0.717, 1.165) is 5.56 Å². The first-order valence-electron chi connectivity index (χ1n) is 4.40. The first kappa shape index (κ1) is 10.2. The largest absolute Gasteiger partial charge is 0.344 e. The first-order valence-corrected chi connectivity index (χ1v) is 4.40. The van der Waals surface area contributed by atoms with Crippen LogP contribution in [-0.2, 0) is 10.6 Å². The second kappa shape index (κ2) is 4.37. The topological polar surface area (TPSA) is 47.3 Å². The SMILES string of the molecule is CCOC(N)(NC)c1ccccc1. The Bertz CT molecular complexity index is 250. The van der Waals surface area contributed by atoms with Gasteiger partial charge in [-0.05, 0) is 14.0 Å². The van der Waals surface area contributed by atoms with E-state index in [0.29, 0.717) is 6.61 Å². The van der Waals surface area contributed by atoms with Crippen LogP contribution in [0, 0.1) is 0 Å². The predicted octanol–water partition coefficient (Wildman–Crippen LogP) is 1.01. The fourth-order valence-electron chi connectivity index (χ4n) is 1.21. The third-order valence-corrected chi connectivity index (χ3v) is 1.95. The van der Waals surface area contributed by atoms with E-state index in [9.17, 15) is 0 Å². The van der Waals surface area contributed by atoms with Crippen molar-refractivity contribution in [2.45, 2.75) is 12.8 Å². The first-order chi connectivity index (χ1) is 6.23. The van der Waals surface area contributed by atoms with Crippen LogP contribution in [0.5, 0.6) is 0 Å². The van der Waals surface area contributed by atoms with Crippen LogP contribution in [0.2, 0.25) is 0 Å². The van der Waals surface area contributed by atoms with Gasteiger partial charge in [-0.2, -0.15) is 0 Å². The van der Waals surface area contributed by atoms with Gasteiger partial charge in [-0.3, -0.25) is 11.1 Å². The molecule has 72 valence electrons. The molecule has 3 nitrogen and oxygen atoms in total. The summed E-state index contributed by atoms with van der Waals surface area (Å²) in [6, 6.07) is 9.70. The van der Waals surface area contributed by atoms with Crippen molar-refractivity contribution in [1.82, 2.24) is 5.32 Å². The molecule has 0 aromatic heterocycles. The molecule has 0 fully saturated rings. The molecular weight excluding hydrogens is 164 g/mol. The second-order valence-electron chi connectivity index (χ2n) is 2.78. The molecule has 0 saturated heterocycles. The van der Waals surface area contributed by atoms with Crippen molar-refractivity contribution < 1.29 is 4.74 Å². The molecule has 0 aliphatic carbocycles. The lowest BCUT2D eigenvalue weighted by Gasteiger charge is -2.28. The summed E-state index contributed by atoms with van der Waals surface area (Å²) in [6.45, 7) is 2.49. The van der Waals surface area contributed by atoms with E-state index < -0.39 is 5.85 Å².